The molecule has 0 bridgehead atoms. The van der Waals surface area contributed by atoms with Crippen molar-refractivity contribution >= 4 is 33.2 Å². The Balaban J connectivity index is 2.30. The van der Waals surface area contributed by atoms with Crippen LogP contribution >= 0.6 is 15.9 Å². The van der Waals surface area contributed by atoms with Gasteiger partial charge in [0.05, 0.1) is 10.5 Å². The van der Waals surface area contributed by atoms with Crippen molar-refractivity contribution in [3.05, 3.63) is 68.4 Å². The average Bonchev–Trinajstić information content (AvgIpc) is 2.38. The van der Waals surface area contributed by atoms with Crippen molar-refractivity contribution in [1.82, 2.24) is 0 Å². The van der Waals surface area contributed by atoms with Gasteiger partial charge in [0.1, 0.15) is 11.5 Å². The SMILES string of the molecule is O=C(Nc1ccccc1[N+](=O)[O-])c1ccc(Br)cc1F. The molecule has 0 aliphatic rings. The van der Waals surface area contributed by atoms with Crippen molar-refractivity contribution in [3.8, 4) is 0 Å². The number of nitrogens with zero attached hydrogens (tertiary/aromatic N) is 1. The molecule has 1 N–H and O–H groups in total. The second kappa shape index (κ2) is 5.79. The lowest BCUT2D eigenvalue weighted by atomic mass is 10.2. The summed E-state index contributed by atoms with van der Waals surface area (Å²) >= 11 is 3.08. The summed E-state index contributed by atoms with van der Waals surface area (Å²) in [6.45, 7) is 0. The number of nitro benzene ring substituents is 1. The van der Waals surface area contributed by atoms with Gasteiger partial charge >= 0.3 is 0 Å². The number of nitrogens with one attached hydrogen (secondary N) is 1. The van der Waals surface area contributed by atoms with Crippen LogP contribution in [0.1, 0.15) is 10.4 Å². The molecule has 2 aromatic rings. The van der Waals surface area contributed by atoms with Crippen LogP contribution < -0.4 is 5.32 Å². The molecule has 5 nitrogen and oxygen atoms in total. The summed E-state index contributed by atoms with van der Waals surface area (Å²) in [5.74, 6) is -1.46. The number of amides is 1. The van der Waals surface area contributed by atoms with Gasteiger partial charge in [0.15, 0.2) is 0 Å². The second-order valence-corrected chi connectivity index (χ2v) is 4.77. The number of hydrogen-bond donors (Lipinski definition) is 1. The summed E-state index contributed by atoms with van der Waals surface area (Å²) in [6.07, 6.45) is 0. The smallest absolute Gasteiger partial charge is 0.292 e. The van der Waals surface area contributed by atoms with Crippen LogP contribution in [0.2, 0.25) is 0 Å². The van der Waals surface area contributed by atoms with Crippen LogP contribution in [0, 0.1) is 15.9 Å². The zero-order valence-electron chi connectivity index (χ0n) is 9.97. The Hall–Kier alpha value is -2.28. The van der Waals surface area contributed by atoms with Crippen LogP contribution in [0.15, 0.2) is 46.9 Å². The number of carbonyl (C=O) groups excluding carboxylic acids is 1. The summed E-state index contributed by atoms with van der Waals surface area (Å²) < 4.78 is 14.1. The summed E-state index contributed by atoms with van der Waals surface area (Å²) in [5, 5.41) is 13.2. The maximum atomic E-state index is 13.6. The van der Waals surface area contributed by atoms with Crippen LogP contribution in [0.25, 0.3) is 0 Å². The van der Waals surface area contributed by atoms with E-state index in [2.05, 4.69) is 21.2 Å². The van der Waals surface area contributed by atoms with Gasteiger partial charge < -0.3 is 5.32 Å². The first-order valence-corrected chi connectivity index (χ1v) is 6.28. The second-order valence-electron chi connectivity index (χ2n) is 3.85. The van der Waals surface area contributed by atoms with Crippen LogP contribution in [0.4, 0.5) is 15.8 Å². The van der Waals surface area contributed by atoms with Gasteiger partial charge in [-0.05, 0) is 24.3 Å². The fourth-order valence-corrected chi connectivity index (χ4v) is 1.93. The van der Waals surface area contributed by atoms with Gasteiger partial charge in [-0.1, -0.05) is 28.1 Å². The maximum Gasteiger partial charge on any atom is 0.292 e. The topological polar surface area (TPSA) is 72.2 Å². The molecule has 0 heterocycles. The van der Waals surface area contributed by atoms with Crippen molar-refractivity contribution in [1.29, 1.82) is 0 Å². The van der Waals surface area contributed by atoms with E-state index in [1.807, 2.05) is 0 Å². The number of carbonyl (C=O) groups is 1. The molecular formula is C13H8BrFN2O3. The van der Waals surface area contributed by atoms with E-state index in [-0.39, 0.29) is 16.9 Å². The number of para-hydroxylation sites is 2. The van der Waals surface area contributed by atoms with E-state index in [1.165, 1.54) is 30.3 Å². The van der Waals surface area contributed by atoms with Gasteiger partial charge in [-0.15, -0.1) is 0 Å². The lowest BCUT2D eigenvalue weighted by molar-refractivity contribution is -0.383. The monoisotopic (exact) mass is 338 g/mol. The largest absolute Gasteiger partial charge is 0.316 e. The third kappa shape index (κ3) is 3.00. The molecule has 7 heteroatoms. The van der Waals surface area contributed by atoms with Crippen LogP contribution in [-0.4, -0.2) is 10.8 Å². The summed E-state index contributed by atoms with van der Waals surface area (Å²) in [5.41, 5.74) is -0.422. The fourth-order valence-electron chi connectivity index (χ4n) is 1.60. The van der Waals surface area contributed by atoms with Gasteiger partial charge in [-0.3, -0.25) is 14.9 Å². The van der Waals surface area contributed by atoms with E-state index < -0.39 is 16.6 Å². The first kappa shape index (κ1) is 14.1. The number of hydrogen-bond acceptors (Lipinski definition) is 3. The number of anilines is 1. The molecule has 2 rings (SSSR count). The molecule has 1 amide bonds. The first-order chi connectivity index (χ1) is 9.49. The van der Waals surface area contributed by atoms with Crippen molar-refractivity contribution in [2.75, 3.05) is 5.32 Å². The minimum Gasteiger partial charge on any atom is -0.316 e. The minimum absolute atomic E-state index is 0.0184. The van der Waals surface area contributed by atoms with Gasteiger partial charge in [0, 0.05) is 10.5 Å². The molecule has 2 aromatic carbocycles. The lowest BCUT2D eigenvalue weighted by Crippen LogP contribution is -2.14. The predicted octanol–water partition coefficient (Wildman–Crippen LogP) is 3.75. The molecule has 0 aliphatic carbocycles. The first-order valence-electron chi connectivity index (χ1n) is 5.49. The number of rotatable bonds is 3. The number of benzene rings is 2. The average molecular weight is 339 g/mol. The minimum atomic E-state index is -0.746. The summed E-state index contributed by atoms with van der Waals surface area (Å²) in [4.78, 5) is 22.1. The Labute approximate surface area is 121 Å². The van der Waals surface area contributed by atoms with Gasteiger partial charge in [0.2, 0.25) is 0 Å². The van der Waals surface area contributed by atoms with Crippen molar-refractivity contribution in [3.63, 3.8) is 0 Å². The van der Waals surface area contributed by atoms with E-state index in [1.54, 1.807) is 6.07 Å². The highest BCUT2D eigenvalue weighted by Gasteiger charge is 2.17. The number of halogens is 2. The standard InChI is InChI=1S/C13H8BrFN2O3/c14-8-5-6-9(10(15)7-8)13(18)16-11-3-1-2-4-12(11)17(19)20/h1-7H,(H,16,18). The Kier molecular flexibility index (Phi) is 4.09. The molecule has 0 saturated carbocycles. The lowest BCUT2D eigenvalue weighted by Gasteiger charge is -2.06. The Morgan fingerprint density at radius 2 is 1.95 bits per heavy atom. The molecule has 0 atom stereocenters. The molecule has 0 aliphatic heterocycles. The summed E-state index contributed by atoms with van der Waals surface area (Å²) in [6, 6.07) is 9.62. The Morgan fingerprint density at radius 3 is 2.60 bits per heavy atom. The van der Waals surface area contributed by atoms with E-state index in [4.69, 9.17) is 0 Å². The highest BCUT2D eigenvalue weighted by molar-refractivity contribution is 9.10. The van der Waals surface area contributed by atoms with E-state index in [9.17, 15) is 19.3 Å². The molecule has 0 aromatic heterocycles. The van der Waals surface area contributed by atoms with Crippen molar-refractivity contribution < 1.29 is 14.1 Å². The van der Waals surface area contributed by atoms with Gasteiger partial charge in [-0.25, -0.2) is 4.39 Å². The maximum absolute atomic E-state index is 13.6. The molecule has 0 spiro atoms. The molecule has 0 unspecified atom stereocenters. The fraction of sp³-hybridized carbons (Fsp3) is 0. The van der Waals surface area contributed by atoms with E-state index in [0.717, 1.165) is 6.07 Å². The summed E-state index contributed by atoms with van der Waals surface area (Å²) in [7, 11) is 0. The Morgan fingerprint density at radius 1 is 1.25 bits per heavy atom. The normalized spacial score (nSPS) is 10.1. The van der Waals surface area contributed by atoms with Crippen molar-refractivity contribution in [2.24, 2.45) is 0 Å². The van der Waals surface area contributed by atoms with E-state index >= 15 is 0 Å². The van der Waals surface area contributed by atoms with Crippen molar-refractivity contribution in [2.45, 2.75) is 0 Å². The number of nitro groups is 1. The van der Waals surface area contributed by atoms with Gasteiger partial charge in [0.25, 0.3) is 11.6 Å². The van der Waals surface area contributed by atoms with Gasteiger partial charge in [-0.2, -0.15) is 0 Å². The van der Waals surface area contributed by atoms with Crippen LogP contribution in [-0.2, 0) is 0 Å². The highest BCUT2D eigenvalue weighted by Crippen LogP contribution is 2.24. The molecule has 102 valence electrons. The Bertz CT molecular complexity index is 691. The zero-order chi connectivity index (χ0) is 14.7. The quantitative estimate of drug-likeness (QED) is 0.684. The predicted molar refractivity (Wildman–Crippen MR) is 75.1 cm³/mol. The van der Waals surface area contributed by atoms with E-state index in [0.29, 0.717) is 4.47 Å². The molecule has 0 radical (unpaired) electrons. The third-order valence-corrected chi connectivity index (χ3v) is 3.02. The molecule has 0 saturated heterocycles. The molecule has 20 heavy (non-hydrogen) atoms. The third-order valence-electron chi connectivity index (χ3n) is 2.52. The zero-order valence-corrected chi connectivity index (χ0v) is 11.6. The molecular weight excluding hydrogens is 331 g/mol. The van der Waals surface area contributed by atoms with Crippen LogP contribution in [0.5, 0.6) is 0 Å². The van der Waals surface area contributed by atoms with Crippen LogP contribution in [0.3, 0.4) is 0 Å². The highest BCUT2D eigenvalue weighted by atomic mass is 79.9. The molecule has 0 fully saturated rings.